The van der Waals surface area contributed by atoms with Crippen LogP contribution in [-0.2, 0) is 11.2 Å². The van der Waals surface area contributed by atoms with E-state index in [9.17, 15) is 9.90 Å². The molecule has 0 radical (unpaired) electrons. The molecule has 7 nitrogen and oxygen atoms in total. The van der Waals surface area contributed by atoms with E-state index in [1.165, 1.54) is 30.6 Å². The van der Waals surface area contributed by atoms with Crippen molar-refractivity contribution in [2.24, 2.45) is 0 Å². The van der Waals surface area contributed by atoms with Gasteiger partial charge in [0.05, 0.1) is 19.2 Å². The van der Waals surface area contributed by atoms with Crippen molar-refractivity contribution in [2.45, 2.75) is 6.42 Å². The molecule has 3 aromatic rings. The number of ether oxygens (including phenoxy) is 1. The second-order valence-electron chi connectivity index (χ2n) is 4.86. The molecule has 2 N–H and O–H groups in total. The molecular formula is C16H14N4O3S. The van der Waals surface area contributed by atoms with Crippen molar-refractivity contribution in [3.63, 3.8) is 0 Å². The van der Waals surface area contributed by atoms with Crippen LogP contribution in [-0.4, -0.2) is 33.1 Å². The fraction of sp³-hybridized carbons (Fsp3) is 0.125. The molecule has 0 bridgehead atoms. The minimum atomic E-state index is -0.242. The zero-order valence-corrected chi connectivity index (χ0v) is 13.6. The second kappa shape index (κ2) is 7.05. The Morgan fingerprint density at radius 1 is 1.29 bits per heavy atom. The molecular weight excluding hydrogens is 328 g/mol. The number of hydrogen-bond acceptors (Lipinski definition) is 7. The molecule has 24 heavy (non-hydrogen) atoms. The zero-order chi connectivity index (χ0) is 16.9. The third-order valence-corrected chi connectivity index (χ3v) is 3.95. The summed E-state index contributed by atoms with van der Waals surface area (Å²) in [5.41, 5.74) is 1.09. The smallest absolute Gasteiger partial charge is 0.230 e. The largest absolute Gasteiger partial charge is 0.508 e. The molecule has 0 aliphatic carbocycles. The monoisotopic (exact) mass is 342 g/mol. The van der Waals surface area contributed by atoms with Gasteiger partial charge in [-0.25, -0.2) is 15.0 Å². The highest BCUT2D eigenvalue weighted by atomic mass is 32.1. The molecule has 0 saturated heterocycles. The van der Waals surface area contributed by atoms with E-state index in [0.29, 0.717) is 28.0 Å². The Morgan fingerprint density at radius 2 is 2.08 bits per heavy atom. The molecule has 1 amide bonds. The van der Waals surface area contributed by atoms with Crippen molar-refractivity contribution < 1.29 is 14.6 Å². The van der Waals surface area contributed by atoms with E-state index in [2.05, 4.69) is 20.3 Å². The molecule has 122 valence electrons. The summed E-state index contributed by atoms with van der Waals surface area (Å²) >= 11 is 1.38. The molecule has 2 aromatic heterocycles. The van der Waals surface area contributed by atoms with Crippen LogP contribution in [0, 0.1) is 0 Å². The lowest BCUT2D eigenvalue weighted by molar-refractivity contribution is -0.115. The fourth-order valence-corrected chi connectivity index (χ4v) is 2.81. The minimum absolute atomic E-state index is 0.0156. The molecule has 2 heterocycles. The number of anilines is 1. The van der Waals surface area contributed by atoms with Gasteiger partial charge < -0.3 is 15.2 Å². The molecule has 0 spiro atoms. The summed E-state index contributed by atoms with van der Waals surface area (Å²) in [5.74, 6) is 0.768. The van der Waals surface area contributed by atoms with E-state index < -0.39 is 0 Å². The van der Waals surface area contributed by atoms with Crippen molar-refractivity contribution in [1.82, 2.24) is 15.0 Å². The van der Waals surface area contributed by atoms with Gasteiger partial charge in [-0.3, -0.25) is 4.79 Å². The van der Waals surface area contributed by atoms with Gasteiger partial charge in [-0.1, -0.05) is 0 Å². The number of rotatable bonds is 5. The number of thiazole rings is 1. The van der Waals surface area contributed by atoms with Crippen LogP contribution < -0.4 is 10.1 Å². The standard InChI is InChI=1S/C16H14N4O3S/c1-23-13-6-10(5-12(21)8-13)19-14(22)7-11-9-24-16(20-11)15-17-3-2-4-18-15/h2-6,8-9,21H,7H2,1H3,(H,19,22). The Labute approximate surface area is 142 Å². The number of carbonyl (C=O) groups is 1. The van der Waals surface area contributed by atoms with Crippen LogP contribution in [0.3, 0.4) is 0 Å². The van der Waals surface area contributed by atoms with Crippen molar-refractivity contribution in [3.05, 3.63) is 47.7 Å². The highest BCUT2D eigenvalue weighted by Crippen LogP contribution is 2.25. The average Bonchev–Trinajstić information content (AvgIpc) is 3.03. The Kier molecular flexibility index (Phi) is 4.66. The molecule has 1 aromatic carbocycles. The molecule has 0 saturated carbocycles. The first-order chi connectivity index (χ1) is 11.6. The Morgan fingerprint density at radius 3 is 2.83 bits per heavy atom. The molecule has 8 heteroatoms. The predicted molar refractivity (Wildman–Crippen MR) is 90.1 cm³/mol. The maximum Gasteiger partial charge on any atom is 0.230 e. The zero-order valence-electron chi connectivity index (χ0n) is 12.8. The lowest BCUT2D eigenvalue weighted by atomic mass is 10.2. The van der Waals surface area contributed by atoms with Gasteiger partial charge in [-0.15, -0.1) is 11.3 Å². The van der Waals surface area contributed by atoms with Crippen molar-refractivity contribution in [1.29, 1.82) is 0 Å². The van der Waals surface area contributed by atoms with Gasteiger partial charge in [0.1, 0.15) is 11.5 Å². The first-order valence-corrected chi connectivity index (χ1v) is 7.91. The van der Waals surface area contributed by atoms with Gasteiger partial charge in [-0.2, -0.15) is 0 Å². The van der Waals surface area contributed by atoms with Gasteiger partial charge in [0.2, 0.25) is 5.91 Å². The number of phenols is 1. The highest BCUT2D eigenvalue weighted by molar-refractivity contribution is 7.13. The summed E-state index contributed by atoms with van der Waals surface area (Å²) in [6.45, 7) is 0. The number of methoxy groups -OCH3 is 1. The number of aromatic hydroxyl groups is 1. The van der Waals surface area contributed by atoms with Gasteiger partial charge in [0, 0.05) is 41.7 Å². The average molecular weight is 342 g/mol. The van der Waals surface area contributed by atoms with Crippen LogP contribution in [0.1, 0.15) is 5.69 Å². The van der Waals surface area contributed by atoms with Crippen LogP contribution in [0.4, 0.5) is 5.69 Å². The van der Waals surface area contributed by atoms with Gasteiger partial charge >= 0.3 is 0 Å². The fourth-order valence-electron chi connectivity index (χ4n) is 2.04. The number of benzene rings is 1. The maximum absolute atomic E-state index is 12.1. The number of nitrogens with zero attached hydrogens (tertiary/aromatic N) is 3. The van der Waals surface area contributed by atoms with Crippen LogP contribution in [0.2, 0.25) is 0 Å². The molecule has 0 aliphatic rings. The normalized spacial score (nSPS) is 10.4. The minimum Gasteiger partial charge on any atom is -0.508 e. The quantitative estimate of drug-likeness (QED) is 0.739. The second-order valence-corrected chi connectivity index (χ2v) is 5.72. The van der Waals surface area contributed by atoms with Crippen LogP contribution in [0.15, 0.2) is 42.0 Å². The molecule has 3 rings (SSSR count). The van der Waals surface area contributed by atoms with E-state index in [-0.39, 0.29) is 18.1 Å². The van der Waals surface area contributed by atoms with Crippen molar-refractivity contribution in [2.75, 3.05) is 12.4 Å². The summed E-state index contributed by atoms with van der Waals surface area (Å²) < 4.78 is 5.05. The van der Waals surface area contributed by atoms with E-state index in [0.717, 1.165) is 0 Å². The summed E-state index contributed by atoms with van der Waals surface area (Å²) in [7, 11) is 1.49. The lowest BCUT2D eigenvalue weighted by Crippen LogP contribution is -2.14. The highest BCUT2D eigenvalue weighted by Gasteiger charge is 2.11. The summed E-state index contributed by atoms with van der Waals surface area (Å²) in [6.07, 6.45) is 3.40. The number of hydrogen-bond donors (Lipinski definition) is 2. The van der Waals surface area contributed by atoms with Gasteiger partial charge in [0.25, 0.3) is 0 Å². The van der Waals surface area contributed by atoms with Gasteiger partial charge in [-0.05, 0) is 6.07 Å². The number of nitrogens with one attached hydrogen (secondary N) is 1. The van der Waals surface area contributed by atoms with Crippen LogP contribution >= 0.6 is 11.3 Å². The summed E-state index contributed by atoms with van der Waals surface area (Å²) in [5, 5.41) is 14.8. The summed E-state index contributed by atoms with van der Waals surface area (Å²) in [4.78, 5) is 24.8. The maximum atomic E-state index is 12.1. The van der Waals surface area contributed by atoms with Crippen LogP contribution in [0.25, 0.3) is 10.8 Å². The number of aromatic nitrogens is 3. The lowest BCUT2D eigenvalue weighted by Gasteiger charge is -2.07. The SMILES string of the molecule is COc1cc(O)cc(NC(=O)Cc2csc(-c3ncccn3)n2)c1. The first kappa shape index (κ1) is 15.9. The van der Waals surface area contributed by atoms with E-state index in [1.807, 2.05) is 0 Å². The summed E-state index contributed by atoms with van der Waals surface area (Å²) in [6, 6.07) is 6.27. The van der Waals surface area contributed by atoms with Crippen molar-refractivity contribution >= 4 is 22.9 Å². The van der Waals surface area contributed by atoms with Crippen molar-refractivity contribution in [3.8, 4) is 22.3 Å². The number of carbonyl (C=O) groups excluding carboxylic acids is 1. The third-order valence-electron chi connectivity index (χ3n) is 3.06. The topological polar surface area (TPSA) is 97.2 Å². The molecule has 0 unspecified atom stereocenters. The molecule has 0 fully saturated rings. The number of phenolic OH excluding ortho intramolecular Hbond substituents is 1. The number of amides is 1. The Hall–Kier alpha value is -3.00. The van der Waals surface area contributed by atoms with E-state index >= 15 is 0 Å². The van der Waals surface area contributed by atoms with E-state index in [1.54, 1.807) is 29.9 Å². The van der Waals surface area contributed by atoms with Crippen LogP contribution in [0.5, 0.6) is 11.5 Å². The van der Waals surface area contributed by atoms with Gasteiger partial charge in [0.15, 0.2) is 10.8 Å². The van der Waals surface area contributed by atoms with E-state index in [4.69, 9.17) is 4.74 Å². The predicted octanol–water partition coefficient (Wildman–Crippen LogP) is 2.50. The molecule has 0 aliphatic heterocycles. The Bertz CT molecular complexity index is 852. The third kappa shape index (κ3) is 3.85. The Balaban J connectivity index is 1.67. The molecule has 0 atom stereocenters. The first-order valence-electron chi connectivity index (χ1n) is 7.04.